The fraction of sp³-hybridized carbons (Fsp3) is 0.444. The van der Waals surface area contributed by atoms with E-state index in [-0.39, 0.29) is 23.4 Å². The number of carbonyl (C=O) groups is 2. The topological polar surface area (TPSA) is 69.6 Å². The summed E-state index contributed by atoms with van der Waals surface area (Å²) in [6.07, 6.45) is 3.41. The first kappa shape index (κ1) is 18.1. The molecule has 1 heterocycles. The van der Waals surface area contributed by atoms with Gasteiger partial charge in [-0.3, -0.25) is 9.59 Å². The van der Waals surface area contributed by atoms with E-state index in [1.54, 1.807) is 13.1 Å². The SMILES string of the molecule is CN1C(=O)C(O)=C(C(=O)NCCCc2ccc(Cl)c(Cl)c2)C1C1CC1. The Morgan fingerprint density at radius 2 is 2.04 bits per heavy atom. The fourth-order valence-electron chi connectivity index (χ4n) is 3.23. The molecular formula is C18H20Cl2N2O3. The molecule has 2 N–H and O–H groups in total. The van der Waals surface area contributed by atoms with Gasteiger partial charge in [0.2, 0.25) is 0 Å². The maximum Gasteiger partial charge on any atom is 0.289 e. The molecule has 7 heteroatoms. The zero-order chi connectivity index (χ0) is 18.1. The van der Waals surface area contributed by atoms with Crippen LogP contribution in [0.3, 0.4) is 0 Å². The Kier molecular flexibility index (Phi) is 5.25. The number of likely N-dealkylation sites (N-methyl/N-ethyl adjacent to an activating group) is 1. The molecule has 1 atom stereocenters. The van der Waals surface area contributed by atoms with E-state index in [0.717, 1.165) is 31.2 Å². The fourth-order valence-corrected chi connectivity index (χ4v) is 3.55. The van der Waals surface area contributed by atoms with Crippen molar-refractivity contribution in [3.05, 3.63) is 45.1 Å². The van der Waals surface area contributed by atoms with Gasteiger partial charge in [-0.25, -0.2) is 0 Å². The molecule has 0 bridgehead atoms. The lowest BCUT2D eigenvalue weighted by atomic mass is 10.0. The van der Waals surface area contributed by atoms with Gasteiger partial charge in [-0.05, 0) is 49.3 Å². The summed E-state index contributed by atoms with van der Waals surface area (Å²) in [5.74, 6) is -0.976. The molecule has 25 heavy (non-hydrogen) atoms. The number of nitrogens with one attached hydrogen (secondary N) is 1. The van der Waals surface area contributed by atoms with E-state index >= 15 is 0 Å². The average molecular weight is 383 g/mol. The van der Waals surface area contributed by atoms with Crippen LogP contribution in [0.25, 0.3) is 0 Å². The highest BCUT2D eigenvalue weighted by atomic mass is 35.5. The zero-order valence-electron chi connectivity index (χ0n) is 13.9. The van der Waals surface area contributed by atoms with E-state index in [0.29, 0.717) is 16.6 Å². The maximum absolute atomic E-state index is 12.5. The van der Waals surface area contributed by atoms with Crippen molar-refractivity contribution in [2.45, 2.75) is 31.7 Å². The molecule has 1 aliphatic carbocycles. The number of hydrogen-bond donors (Lipinski definition) is 2. The summed E-state index contributed by atoms with van der Waals surface area (Å²) in [6.45, 7) is 0.450. The lowest BCUT2D eigenvalue weighted by molar-refractivity contribution is -0.128. The van der Waals surface area contributed by atoms with Crippen molar-refractivity contribution in [3.63, 3.8) is 0 Å². The standard InChI is InChI=1S/C18H20Cl2N2O3/c1-22-15(11-5-6-11)14(16(23)18(22)25)17(24)21-8-2-3-10-4-7-12(19)13(20)9-10/h4,7,9,11,15,23H,2-3,5-6,8H2,1H3,(H,21,24). The van der Waals surface area contributed by atoms with E-state index in [9.17, 15) is 14.7 Å². The van der Waals surface area contributed by atoms with E-state index < -0.39 is 11.7 Å². The number of aryl methyl sites for hydroxylation is 1. The second kappa shape index (κ2) is 7.26. The van der Waals surface area contributed by atoms with Gasteiger partial charge in [-0.1, -0.05) is 29.3 Å². The molecule has 0 spiro atoms. The Hall–Kier alpha value is -1.72. The van der Waals surface area contributed by atoms with Gasteiger partial charge < -0.3 is 15.3 Å². The molecule has 1 fully saturated rings. The quantitative estimate of drug-likeness (QED) is 0.742. The van der Waals surface area contributed by atoms with Crippen LogP contribution >= 0.6 is 23.2 Å². The number of hydrogen-bond acceptors (Lipinski definition) is 3. The van der Waals surface area contributed by atoms with Crippen LogP contribution in [-0.4, -0.2) is 41.5 Å². The zero-order valence-corrected chi connectivity index (χ0v) is 15.4. The minimum absolute atomic E-state index is 0.213. The summed E-state index contributed by atoms with van der Waals surface area (Å²) in [6, 6.07) is 5.16. The van der Waals surface area contributed by atoms with Gasteiger partial charge in [0.15, 0.2) is 5.76 Å². The number of benzene rings is 1. The van der Waals surface area contributed by atoms with Gasteiger partial charge in [0, 0.05) is 13.6 Å². The average Bonchev–Trinajstić information content (AvgIpc) is 3.39. The van der Waals surface area contributed by atoms with Crippen LogP contribution in [0.2, 0.25) is 10.0 Å². The van der Waals surface area contributed by atoms with Crippen LogP contribution in [0.1, 0.15) is 24.8 Å². The van der Waals surface area contributed by atoms with E-state index in [1.807, 2.05) is 12.1 Å². The Morgan fingerprint density at radius 1 is 1.32 bits per heavy atom. The number of rotatable bonds is 6. The third kappa shape index (κ3) is 3.77. The van der Waals surface area contributed by atoms with Gasteiger partial charge in [0.05, 0.1) is 21.7 Å². The Balaban J connectivity index is 1.55. The number of aliphatic hydroxyl groups is 1. The van der Waals surface area contributed by atoms with Crippen LogP contribution in [0.15, 0.2) is 29.5 Å². The first-order valence-electron chi connectivity index (χ1n) is 8.32. The van der Waals surface area contributed by atoms with E-state index in [4.69, 9.17) is 23.2 Å². The molecule has 1 unspecified atom stereocenters. The minimum atomic E-state index is -0.474. The smallest absolute Gasteiger partial charge is 0.289 e. The number of aliphatic hydroxyl groups excluding tert-OH is 1. The number of carbonyl (C=O) groups excluding carboxylic acids is 2. The highest BCUT2D eigenvalue weighted by Gasteiger charge is 2.48. The summed E-state index contributed by atoms with van der Waals surface area (Å²) in [4.78, 5) is 25.9. The van der Waals surface area contributed by atoms with Crippen molar-refractivity contribution >= 4 is 35.0 Å². The van der Waals surface area contributed by atoms with Crippen molar-refractivity contribution in [1.29, 1.82) is 0 Å². The first-order chi connectivity index (χ1) is 11.9. The van der Waals surface area contributed by atoms with Crippen LogP contribution in [0, 0.1) is 5.92 Å². The van der Waals surface area contributed by atoms with Gasteiger partial charge in [0.25, 0.3) is 11.8 Å². The van der Waals surface area contributed by atoms with Crippen molar-refractivity contribution in [2.24, 2.45) is 5.92 Å². The highest BCUT2D eigenvalue weighted by Crippen LogP contribution is 2.42. The molecule has 1 aliphatic heterocycles. The van der Waals surface area contributed by atoms with Crippen molar-refractivity contribution in [3.8, 4) is 0 Å². The summed E-state index contributed by atoms with van der Waals surface area (Å²) < 4.78 is 0. The number of nitrogens with zero attached hydrogens (tertiary/aromatic N) is 1. The third-order valence-corrected chi connectivity index (χ3v) is 5.46. The number of halogens is 2. The molecule has 1 aromatic carbocycles. The molecule has 134 valence electrons. The number of amides is 2. The molecule has 5 nitrogen and oxygen atoms in total. The molecule has 0 saturated heterocycles. The second-order valence-corrected chi connectivity index (χ2v) is 7.38. The Bertz CT molecular complexity index is 744. The van der Waals surface area contributed by atoms with Crippen molar-refractivity contribution in [1.82, 2.24) is 10.2 Å². The second-order valence-electron chi connectivity index (χ2n) is 6.57. The predicted octanol–water partition coefficient (Wildman–Crippen LogP) is 3.10. The Morgan fingerprint density at radius 3 is 2.68 bits per heavy atom. The first-order valence-corrected chi connectivity index (χ1v) is 9.08. The summed E-state index contributed by atoms with van der Waals surface area (Å²) in [5.41, 5.74) is 1.25. The maximum atomic E-state index is 12.5. The molecule has 2 amide bonds. The van der Waals surface area contributed by atoms with Gasteiger partial charge >= 0.3 is 0 Å². The highest BCUT2D eigenvalue weighted by molar-refractivity contribution is 6.42. The monoisotopic (exact) mass is 382 g/mol. The van der Waals surface area contributed by atoms with Crippen LogP contribution in [0.4, 0.5) is 0 Å². The largest absolute Gasteiger partial charge is 0.503 e. The predicted molar refractivity (Wildman–Crippen MR) is 96.7 cm³/mol. The van der Waals surface area contributed by atoms with E-state index in [1.165, 1.54) is 4.90 Å². The normalized spacial score (nSPS) is 20.4. The molecule has 2 aliphatic rings. The molecule has 1 saturated carbocycles. The third-order valence-electron chi connectivity index (χ3n) is 4.72. The summed E-state index contributed by atoms with van der Waals surface area (Å²) in [5, 5.41) is 13.9. The van der Waals surface area contributed by atoms with Crippen molar-refractivity contribution in [2.75, 3.05) is 13.6 Å². The van der Waals surface area contributed by atoms with Crippen LogP contribution in [-0.2, 0) is 16.0 Å². The van der Waals surface area contributed by atoms with Crippen LogP contribution in [0.5, 0.6) is 0 Å². The van der Waals surface area contributed by atoms with Gasteiger partial charge in [-0.2, -0.15) is 0 Å². The lowest BCUT2D eigenvalue weighted by Gasteiger charge is -2.21. The molecular weight excluding hydrogens is 363 g/mol. The van der Waals surface area contributed by atoms with Crippen molar-refractivity contribution < 1.29 is 14.7 Å². The summed E-state index contributed by atoms with van der Waals surface area (Å²) in [7, 11) is 1.63. The Labute approximate surface area is 156 Å². The van der Waals surface area contributed by atoms with Gasteiger partial charge in [-0.15, -0.1) is 0 Å². The summed E-state index contributed by atoms with van der Waals surface area (Å²) >= 11 is 11.9. The lowest BCUT2D eigenvalue weighted by Crippen LogP contribution is -2.38. The molecule has 0 aromatic heterocycles. The minimum Gasteiger partial charge on any atom is -0.503 e. The van der Waals surface area contributed by atoms with Crippen LogP contribution < -0.4 is 5.32 Å². The molecule has 3 rings (SSSR count). The molecule has 0 radical (unpaired) electrons. The van der Waals surface area contributed by atoms with E-state index in [2.05, 4.69) is 5.32 Å². The molecule has 1 aromatic rings. The van der Waals surface area contributed by atoms with Gasteiger partial charge in [0.1, 0.15) is 0 Å².